The average Bonchev–Trinajstić information content (AvgIpc) is 2.68. The second-order valence-electron chi connectivity index (χ2n) is 6.08. The van der Waals surface area contributed by atoms with Crippen molar-refractivity contribution in [2.45, 2.75) is 6.54 Å². The monoisotopic (exact) mass is 340 g/mol. The second kappa shape index (κ2) is 8.48. The van der Waals surface area contributed by atoms with Crippen molar-refractivity contribution in [1.29, 1.82) is 0 Å². The third-order valence-corrected chi connectivity index (χ3v) is 4.36. The molecule has 1 aliphatic heterocycles. The summed E-state index contributed by atoms with van der Waals surface area (Å²) in [5, 5.41) is 2.98. The quantitative estimate of drug-likeness (QED) is 0.864. The van der Waals surface area contributed by atoms with Gasteiger partial charge in [-0.1, -0.05) is 18.2 Å². The molecule has 1 amide bonds. The number of anilines is 1. The number of aromatic nitrogens is 1. The number of methoxy groups -OCH3 is 1. The van der Waals surface area contributed by atoms with Crippen molar-refractivity contribution in [2.75, 3.05) is 44.7 Å². The number of nitrogens with zero attached hydrogens (tertiary/aromatic N) is 3. The number of carbonyl (C=O) groups excluding carboxylic acids is 1. The first kappa shape index (κ1) is 17.2. The normalized spacial score (nSPS) is 15.0. The summed E-state index contributed by atoms with van der Waals surface area (Å²) in [5.74, 6) is 1.88. The Bertz CT molecular complexity index is 668. The van der Waals surface area contributed by atoms with Crippen LogP contribution in [0.3, 0.4) is 0 Å². The number of pyridine rings is 1. The maximum absolute atomic E-state index is 12.2. The molecule has 6 nitrogen and oxygen atoms in total. The minimum absolute atomic E-state index is 0.0575. The van der Waals surface area contributed by atoms with E-state index >= 15 is 0 Å². The van der Waals surface area contributed by atoms with Crippen LogP contribution in [0.15, 0.2) is 48.7 Å². The minimum atomic E-state index is 0.0575. The molecule has 0 atom stereocenters. The maximum Gasteiger partial charge on any atom is 0.234 e. The fourth-order valence-corrected chi connectivity index (χ4v) is 2.88. The topological polar surface area (TPSA) is 57.7 Å². The summed E-state index contributed by atoms with van der Waals surface area (Å²) >= 11 is 0. The van der Waals surface area contributed by atoms with E-state index in [2.05, 4.69) is 20.1 Å². The number of amides is 1. The molecule has 2 aromatic rings. The Balaban J connectivity index is 1.40. The van der Waals surface area contributed by atoms with Crippen LogP contribution < -0.4 is 15.0 Å². The summed E-state index contributed by atoms with van der Waals surface area (Å²) in [6, 6.07) is 13.7. The van der Waals surface area contributed by atoms with Crippen LogP contribution >= 0.6 is 0 Å². The lowest BCUT2D eigenvalue weighted by molar-refractivity contribution is -0.122. The van der Waals surface area contributed by atoms with Crippen molar-refractivity contribution in [3.8, 4) is 5.75 Å². The van der Waals surface area contributed by atoms with E-state index in [1.165, 1.54) is 0 Å². The van der Waals surface area contributed by atoms with Gasteiger partial charge in [-0.05, 0) is 29.8 Å². The SMILES string of the molecule is COc1ccc(CNC(=O)CN2CCN(c3ccccn3)CC2)cc1. The lowest BCUT2D eigenvalue weighted by atomic mass is 10.2. The van der Waals surface area contributed by atoms with E-state index in [4.69, 9.17) is 4.74 Å². The molecule has 2 heterocycles. The molecule has 1 aromatic carbocycles. The number of rotatable bonds is 6. The molecule has 0 aliphatic carbocycles. The van der Waals surface area contributed by atoms with Gasteiger partial charge in [-0.2, -0.15) is 0 Å². The summed E-state index contributed by atoms with van der Waals surface area (Å²) in [7, 11) is 1.64. The van der Waals surface area contributed by atoms with E-state index in [0.717, 1.165) is 43.3 Å². The van der Waals surface area contributed by atoms with Gasteiger partial charge in [0, 0.05) is 38.9 Å². The Kier molecular flexibility index (Phi) is 5.85. The van der Waals surface area contributed by atoms with E-state index in [0.29, 0.717) is 13.1 Å². The molecule has 3 rings (SSSR count). The summed E-state index contributed by atoms with van der Waals surface area (Å²) in [6.45, 7) is 4.49. The summed E-state index contributed by atoms with van der Waals surface area (Å²) in [6.07, 6.45) is 1.81. The van der Waals surface area contributed by atoms with Gasteiger partial charge in [-0.15, -0.1) is 0 Å². The van der Waals surface area contributed by atoms with E-state index in [-0.39, 0.29) is 5.91 Å². The van der Waals surface area contributed by atoms with Crippen molar-refractivity contribution in [1.82, 2.24) is 15.2 Å². The van der Waals surface area contributed by atoms with Gasteiger partial charge in [0.1, 0.15) is 11.6 Å². The zero-order valence-electron chi connectivity index (χ0n) is 14.5. The van der Waals surface area contributed by atoms with Crippen LogP contribution in [0.4, 0.5) is 5.82 Å². The summed E-state index contributed by atoms with van der Waals surface area (Å²) in [4.78, 5) is 21.0. The van der Waals surface area contributed by atoms with E-state index in [1.54, 1.807) is 7.11 Å². The first-order chi connectivity index (χ1) is 12.2. The van der Waals surface area contributed by atoms with Gasteiger partial charge in [0.05, 0.1) is 13.7 Å². The molecule has 0 saturated carbocycles. The van der Waals surface area contributed by atoms with Crippen molar-refractivity contribution in [3.05, 3.63) is 54.2 Å². The molecule has 1 N–H and O–H groups in total. The van der Waals surface area contributed by atoms with Crippen LogP contribution in [0.2, 0.25) is 0 Å². The Labute approximate surface area is 148 Å². The van der Waals surface area contributed by atoms with Gasteiger partial charge in [0.25, 0.3) is 0 Å². The highest BCUT2D eigenvalue weighted by molar-refractivity contribution is 5.78. The predicted octanol–water partition coefficient (Wildman–Crippen LogP) is 1.53. The molecule has 0 spiro atoms. The Morgan fingerprint density at radius 1 is 1.12 bits per heavy atom. The molecular formula is C19H24N4O2. The van der Waals surface area contributed by atoms with Gasteiger partial charge in [0.15, 0.2) is 0 Å². The van der Waals surface area contributed by atoms with E-state index < -0.39 is 0 Å². The molecule has 25 heavy (non-hydrogen) atoms. The van der Waals surface area contributed by atoms with E-state index in [1.807, 2.05) is 48.7 Å². The van der Waals surface area contributed by atoms with Crippen LogP contribution in [0.1, 0.15) is 5.56 Å². The first-order valence-corrected chi connectivity index (χ1v) is 8.52. The molecule has 0 bridgehead atoms. The summed E-state index contributed by atoms with van der Waals surface area (Å²) < 4.78 is 5.13. The number of hydrogen-bond acceptors (Lipinski definition) is 5. The zero-order valence-corrected chi connectivity index (χ0v) is 14.5. The highest BCUT2D eigenvalue weighted by atomic mass is 16.5. The molecule has 1 aromatic heterocycles. The molecule has 1 fully saturated rings. The molecule has 1 saturated heterocycles. The zero-order chi connectivity index (χ0) is 17.5. The van der Waals surface area contributed by atoms with Gasteiger partial charge in [0.2, 0.25) is 5.91 Å². The minimum Gasteiger partial charge on any atom is -0.497 e. The van der Waals surface area contributed by atoms with Crippen molar-refractivity contribution in [2.24, 2.45) is 0 Å². The number of hydrogen-bond donors (Lipinski definition) is 1. The predicted molar refractivity (Wildman–Crippen MR) is 97.7 cm³/mol. The molecule has 132 valence electrons. The standard InChI is InChI=1S/C19H24N4O2/c1-25-17-7-5-16(6-8-17)14-21-19(24)15-22-10-12-23(13-11-22)18-4-2-3-9-20-18/h2-9H,10-15H2,1H3,(H,21,24). The van der Waals surface area contributed by atoms with Crippen molar-refractivity contribution >= 4 is 11.7 Å². The first-order valence-electron chi connectivity index (χ1n) is 8.52. The van der Waals surface area contributed by atoms with Crippen LogP contribution in [0.5, 0.6) is 5.75 Å². The Hall–Kier alpha value is -2.60. The average molecular weight is 340 g/mol. The lowest BCUT2D eigenvalue weighted by Gasteiger charge is -2.34. The number of nitrogens with one attached hydrogen (secondary N) is 1. The third kappa shape index (κ3) is 4.93. The third-order valence-electron chi connectivity index (χ3n) is 4.36. The highest BCUT2D eigenvalue weighted by Gasteiger charge is 2.19. The summed E-state index contributed by atoms with van der Waals surface area (Å²) in [5.41, 5.74) is 1.06. The molecule has 0 unspecified atom stereocenters. The maximum atomic E-state index is 12.2. The van der Waals surface area contributed by atoms with E-state index in [9.17, 15) is 4.79 Å². The lowest BCUT2D eigenvalue weighted by Crippen LogP contribution is -2.49. The molecule has 0 radical (unpaired) electrons. The fraction of sp³-hybridized carbons (Fsp3) is 0.368. The molecular weight excluding hydrogens is 316 g/mol. The van der Waals surface area contributed by atoms with Crippen molar-refractivity contribution in [3.63, 3.8) is 0 Å². The largest absolute Gasteiger partial charge is 0.497 e. The Morgan fingerprint density at radius 2 is 1.88 bits per heavy atom. The number of ether oxygens (including phenoxy) is 1. The van der Waals surface area contributed by atoms with Crippen LogP contribution in [0.25, 0.3) is 0 Å². The van der Waals surface area contributed by atoms with Crippen LogP contribution in [0, 0.1) is 0 Å². The van der Waals surface area contributed by atoms with Crippen molar-refractivity contribution < 1.29 is 9.53 Å². The number of piperazine rings is 1. The van der Waals surface area contributed by atoms with Gasteiger partial charge >= 0.3 is 0 Å². The van der Waals surface area contributed by atoms with Gasteiger partial charge < -0.3 is 15.0 Å². The number of carbonyl (C=O) groups is 1. The molecule has 6 heteroatoms. The molecule has 1 aliphatic rings. The number of benzene rings is 1. The Morgan fingerprint density at radius 3 is 2.52 bits per heavy atom. The smallest absolute Gasteiger partial charge is 0.234 e. The van der Waals surface area contributed by atoms with Gasteiger partial charge in [-0.25, -0.2) is 4.98 Å². The second-order valence-corrected chi connectivity index (χ2v) is 6.08. The van der Waals surface area contributed by atoms with Crippen LogP contribution in [-0.4, -0.2) is 55.6 Å². The van der Waals surface area contributed by atoms with Crippen LogP contribution in [-0.2, 0) is 11.3 Å². The fourth-order valence-electron chi connectivity index (χ4n) is 2.88. The highest BCUT2D eigenvalue weighted by Crippen LogP contribution is 2.13. The van der Waals surface area contributed by atoms with Gasteiger partial charge in [-0.3, -0.25) is 9.69 Å².